The third-order valence-electron chi connectivity index (χ3n) is 1.71. The number of rotatable bonds is 2. The van der Waals surface area contributed by atoms with Gasteiger partial charge in [-0.2, -0.15) is 4.68 Å². The Morgan fingerprint density at radius 3 is 2.92 bits per heavy atom. The SMILES string of the molecule is CCc1ncn(-c2cc(C)on2)n1. The van der Waals surface area contributed by atoms with Crippen LogP contribution in [0.25, 0.3) is 5.82 Å². The van der Waals surface area contributed by atoms with Gasteiger partial charge < -0.3 is 4.52 Å². The van der Waals surface area contributed by atoms with Crippen LogP contribution >= 0.6 is 0 Å². The van der Waals surface area contributed by atoms with Gasteiger partial charge in [0.1, 0.15) is 12.1 Å². The molecule has 5 nitrogen and oxygen atoms in total. The lowest BCUT2D eigenvalue weighted by atomic mass is 10.5. The Morgan fingerprint density at radius 2 is 2.38 bits per heavy atom. The zero-order valence-corrected chi connectivity index (χ0v) is 7.56. The third kappa shape index (κ3) is 1.44. The Bertz CT molecular complexity index is 404. The smallest absolute Gasteiger partial charge is 0.198 e. The molecule has 0 aliphatic carbocycles. The molecule has 2 heterocycles. The number of hydrogen-bond donors (Lipinski definition) is 0. The number of nitrogens with zero attached hydrogens (tertiary/aromatic N) is 4. The molecule has 68 valence electrons. The van der Waals surface area contributed by atoms with Crippen molar-refractivity contribution in [3.05, 3.63) is 24.0 Å². The summed E-state index contributed by atoms with van der Waals surface area (Å²) in [6, 6.07) is 1.81. The highest BCUT2D eigenvalue weighted by atomic mass is 16.5. The molecule has 0 amide bonds. The van der Waals surface area contributed by atoms with Gasteiger partial charge in [0, 0.05) is 12.5 Å². The number of aromatic nitrogens is 4. The fraction of sp³-hybridized carbons (Fsp3) is 0.375. The van der Waals surface area contributed by atoms with Crippen LogP contribution in [0, 0.1) is 6.92 Å². The lowest BCUT2D eigenvalue weighted by Gasteiger charge is -1.88. The molecule has 0 saturated heterocycles. The highest BCUT2D eigenvalue weighted by Crippen LogP contribution is 2.06. The van der Waals surface area contributed by atoms with E-state index < -0.39 is 0 Å². The quantitative estimate of drug-likeness (QED) is 0.691. The second kappa shape index (κ2) is 3.01. The van der Waals surface area contributed by atoms with Gasteiger partial charge in [0.2, 0.25) is 0 Å². The van der Waals surface area contributed by atoms with Crippen LogP contribution in [-0.4, -0.2) is 19.9 Å². The van der Waals surface area contributed by atoms with E-state index in [1.807, 2.05) is 19.9 Å². The van der Waals surface area contributed by atoms with E-state index in [2.05, 4.69) is 15.2 Å². The fourth-order valence-electron chi connectivity index (χ4n) is 1.03. The Morgan fingerprint density at radius 1 is 1.54 bits per heavy atom. The maximum absolute atomic E-state index is 4.92. The third-order valence-corrected chi connectivity index (χ3v) is 1.71. The predicted octanol–water partition coefficient (Wildman–Crippen LogP) is 1.13. The molecule has 0 aliphatic rings. The second-order valence-electron chi connectivity index (χ2n) is 2.75. The second-order valence-corrected chi connectivity index (χ2v) is 2.75. The molecule has 5 heteroatoms. The van der Waals surface area contributed by atoms with Crippen LogP contribution in [-0.2, 0) is 6.42 Å². The predicted molar refractivity (Wildman–Crippen MR) is 45.5 cm³/mol. The van der Waals surface area contributed by atoms with E-state index in [1.165, 1.54) is 0 Å². The normalized spacial score (nSPS) is 10.6. The van der Waals surface area contributed by atoms with E-state index in [1.54, 1.807) is 11.0 Å². The van der Waals surface area contributed by atoms with Crippen LogP contribution in [0.1, 0.15) is 18.5 Å². The van der Waals surface area contributed by atoms with Crippen LogP contribution in [0.3, 0.4) is 0 Å². The van der Waals surface area contributed by atoms with E-state index in [9.17, 15) is 0 Å². The molecule has 0 saturated carbocycles. The van der Waals surface area contributed by atoms with Gasteiger partial charge in [-0.3, -0.25) is 0 Å². The number of hydrogen-bond acceptors (Lipinski definition) is 4. The van der Waals surface area contributed by atoms with Crippen molar-refractivity contribution in [2.75, 3.05) is 0 Å². The maximum Gasteiger partial charge on any atom is 0.198 e. The van der Waals surface area contributed by atoms with E-state index in [0.29, 0.717) is 5.82 Å². The first kappa shape index (κ1) is 7.97. The average Bonchev–Trinajstić information content (AvgIpc) is 2.71. The van der Waals surface area contributed by atoms with Crippen molar-refractivity contribution in [1.29, 1.82) is 0 Å². The van der Waals surface area contributed by atoms with Gasteiger partial charge in [-0.05, 0) is 6.92 Å². The van der Waals surface area contributed by atoms with Crippen molar-refractivity contribution in [2.45, 2.75) is 20.3 Å². The molecule has 0 radical (unpaired) electrons. The summed E-state index contributed by atoms with van der Waals surface area (Å²) in [5, 5.41) is 8.01. The van der Waals surface area contributed by atoms with Crippen LogP contribution < -0.4 is 0 Å². The summed E-state index contributed by atoms with van der Waals surface area (Å²) in [6.07, 6.45) is 2.46. The van der Waals surface area contributed by atoms with E-state index in [-0.39, 0.29) is 0 Å². The molecule has 0 N–H and O–H groups in total. The van der Waals surface area contributed by atoms with Gasteiger partial charge >= 0.3 is 0 Å². The van der Waals surface area contributed by atoms with Crippen molar-refractivity contribution >= 4 is 0 Å². The fourth-order valence-corrected chi connectivity index (χ4v) is 1.03. The van der Waals surface area contributed by atoms with Gasteiger partial charge in [-0.15, -0.1) is 5.10 Å². The Hall–Kier alpha value is -1.65. The van der Waals surface area contributed by atoms with Crippen molar-refractivity contribution in [3.8, 4) is 5.82 Å². The molecular weight excluding hydrogens is 168 g/mol. The molecule has 2 aromatic rings. The molecule has 0 aliphatic heterocycles. The summed E-state index contributed by atoms with van der Waals surface area (Å²) >= 11 is 0. The van der Waals surface area contributed by atoms with Crippen molar-refractivity contribution in [3.63, 3.8) is 0 Å². The monoisotopic (exact) mass is 178 g/mol. The van der Waals surface area contributed by atoms with Gasteiger partial charge in [0.15, 0.2) is 11.6 Å². The lowest BCUT2D eigenvalue weighted by molar-refractivity contribution is 0.393. The molecule has 0 unspecified atom stereocenters. The first-order valence-electron chi connectivity index (χ1n) is 4.14. The molecule has 0 fully saturated rings. The minimum Gasteiger partial charge on any atom is -0.359 e. The van der Waals surface area contributed by atoms with Gasteiger partial charge in [0.25, 0.3) is 0 Å². The number of aryl methyl sites for hydroxylation is 2. The van der Waals surface area contributed by atoms with Gasteiger partial charge in [-0.25, -0.2) is 4.98 Å². The summed E-state index contributed by atoms with van der Waals surface area (Å²) in [5.74, 6) is 2.24. The zero-order valence-electron chi connectivity index (χ0n) is 7.56. The standard InChI is InChI=1S/C8H10N4O/c1-3-7-9-5-12(10-7)8-4-6(2)13-11-8/h4-5H,3H2,1-2H3. The van der Waals surface area contributed by atoms with Crippen molar-refractivity contribution < 1.29 is 4.52 Å². The minimum atomic E-state index is 0.671. The molecule has 0 bridgehead atoms. The average molecular weight is 178 g/mol. The van der Waals surface area contributed by atoms with E-state index in [0.717, 1.165) is 18.0 Å². The molecule has 0 spiro atoms. The van der Waals surface area contributed by atoms with Crippen LogP contribution in [0.4, 0.5) is 0 Å². The van der Waals surface area contributed by atoms with Crippen molar-refractivity contribution in [2.24, 2.45) is 0 Å². The van der Waals surface area contributed by atoms with Gasteiger partial charge in [0.05, 0.1) is 0 Å². The van der Waals surface area contributed by atoms with E-state index in [4.69, 9.17) is 4.52 Å². The summed E-state index contributed by atoms with van der Waals surface area (Å²) in [6.45, 7) is 3.85. The van der Waals surface area contributed by atoms with Crippen LogP contribution in [0.2, 0.25) is 0 Å². The molecule has 0 aromatic carbocycles. The highest BCUT2D eigenvalue weighted by Gasteiger charge is 2.04. The maximum atomic E-state index is 4.92. The Labute approximate surface area is 75.4 Å². The van der Waals surface area contributed by atoms with Crippen molar-refractivity contribution in [1.82, 2.24) is 19.9 Å². The summed E-state index contributed by atoms with van der Waals surface area (Å²) in [7, 11) is 0. The van der Waals surface area contributed by atoms with Crippen LogP contribution in [0.5, 0.6) is 0 Å². The lowest BCUT2D eigenvalue weighted by Crippen LogP contribution is -1.95. The molecule has 13 heavy (non-hydrogen) atoms. The summed E-state index contributed by atoms with van der Waals surface area (Å²) < 4.78 is 6.53. The van der Waals surface area contributed by atoms with Crippen LogP contribution in [0.15, 0.2) is 16.9 Å². The summed E-state index contributed by atoms with van der Waals surface area (Å²) in [4.78, 5) is 4.09. The first-order valence-corrected chi connectivity index (χ1v) is 4.14. The zero-order chi connectivity index (χ0) is 9.26. The first-order chi connectivity index (χ1) is 6.29. The highest BCUT2D eigenvalue weighted by molar-refractivity contribution is 5.19. The molecular formula is C8H10N4O. The Balaban J connectivity index is 2.35. The molecule has 2 aromatic heterocycles. The minimum absolute atomic E-state index is 0.671. The molecule has 0 atom stereocenters. The summed E-state index contributed by atoms with van der Waals surface area (Å²) in [5.41, 5.74) is 0. The topological polar surface area (TPSA) is 56.7 Å². The van der Waals surface area contributed by atoms with E-state index >= 15 is 0 Å². The van der Waals surface area contributed by atoms with Gasteiger partial charge in [-0.1, -0.05) is 12.1 Å². The Kier molecular flexibility index (Phi) is 1.84. The molecule has 2 rings (SSSR count). The largest absolute Gasteiger partial charge is 0.359 e.